The predicted molar refractivity (Wildman–Crippen MR) is 75.5 cm³/mol. The van der Waals surface area contributed by atoms with E-state index in [-0.39, 0.29) is 0 Å². The van der Waals surface area contributed by atoms with Crippen LogP contribution in [0.4, 0.5) is 17.1 Å². The first-order valence-corrected chi connectivity index (χ1v) is 6.07. The zero-order chi connectivity index (χ0) is 13.0. The molecule has 5 nitrogen and oxygen atoms in total. The number of hydrogen-bond acceptors (Lipinski definition) is 4. The van der Waals surface area contributed by atoms with Gasteiger partial charge in [0.05, 0.1) is 11.4 Å². The second-order valence-electron chi connectivity index (χ2n) is 4.34. The molecule has 1 amide bonds. The van der Waals surface area contributed by atoms with Gasteiger partial charge in [0.25, 0.3) is 0 Å². The number of amides is 1. The van der Waals surface area contributed by atoms with E-state index in [0.29, 0.717) is 12.1 Å². The predicted octanol–water partition coefficient (Wildman–Crippen LogP) is 1.49. The fourth-order valence-corrected chi connectivity index (χ4v) is 2.27. The van der Waals surface area contributed by atoms with Crippen LogP contribution in [0.15, 0.2) is 17.1 Å². The molecule has 0 radical (unpaired) electrons. The smallest absolute Gasteiger partial charge is 0.211 e. The number of nitrogens with one attached hydrogen (secondary N) is 1. The molecule has 1 aromatic rings. The highest BCUT2D eigenvalue weighted by Gasteiger charge is 2.17. The van der Waals surface area contributed by atoms with Gasteiger partial charge in [0.2, 0.25) is 6.41 Å². The fourth-order valence-electron chi connectivity index (χ4n) is 2.27. The number of rotatable bonds is 4. The molecule has 1 saturated heterocycles. The largest absolute Gasteiger partial charge is 0.398 e. The van der Waals surface area contributed by atoms with Gasteiger partial charge in [-0.15, -0.1) is 0 Å². The summed E-state index contributed by atoms with van der Waals surface area (Å²) in [6.45, 7) is 2.02. The number of benzene rings is 1. The van der Waals surface area contributed by atoms with Crippen molar-refractivity contribution in [2.24, 2.45) is 4.99 Å². The van der Waals surface area contributed by atoms with E-state index in [9.17, 15) is 4.79 Å². The first kappa shape index (κ1) is 12.4. The van der Waals surface area contributed by atoms with Crippen molar-refractivity contribution in [3.63, 3.8) is 0 Å². The molecule has 0 unspecified atom stereocenters. The number of nitrogen functional groups attached to an aromatic ring is 1. The van der Waals surface area contributed by atoms with Gasteiger partial charge in [-0.25, -0.2) is 0 Å². The van der Waals surface area contributed by atoms with Gasteiger partial charge in [-0.3, -0.25) is 9.79 Å². The van der Waals surface area contributed by atoms with E-state index in [1.54, 1.807) is 13.3 Å². The maximum atomic E-state index is 10.7. The van der Waals surface area contributed by atoms with Crippen LogP contribution in [0.25, 0.3) is 0 Å². The maximum absolute atomic E-state index is 10.7. The Morgan fingerprint density at radius 1 is 1.39 bits per heavy atom. The van der Waals surface area contributed by atoms with E-state index in [2.05, 4.69) is 15.2 Å². The summed E-state index contributed by atoms with van der Waals surface area (Å²) in [4.78, 5) is 16.9. The minimum Gasteiger partial charge on any atom is -0.398 e. The van der Waals surface area contributed by atoms with Crippen molar-refractivity contribution in [3.05, 3.63) is 17.7 Å². The van der Waals surface area contributed by atoms with Crippen LogP contribution in [0.5, 0.6) is 0 Å². The lowest BCUT2D eigenvalue weighted by Crippen LogP contribution is -2.19. The van der Waals surface area contributed by atoms with Crippen LogP contribution in [-0.4, -0.2) is 32.8 Å². The van der Waals surface area contributed by atoms with Crippen LogP contribution in [0, 0.1) is 0 Å². The molecular weight excluding hydrogens is 228 g/mol. The Balaban J connectivity index is 2.43. The minimum atomic E-state index is 0.680. The molecule has 5 heteroatoms. The topological polar surface area (TPSA) is 70.7 Å². The van der Waals surface area contributed by atoms with Crippen molar-refractivity contribution in [2.45, 2.75) is 12.8 Å². The average Bonchev–Trinajstić information content (AvgIpc) is 2.87. The van der Waals surface area contributed by atoms with Gasteiger partial charge in [-0.05, 0) is 25.0 Å². The lowest BCUT2D eigenvalue weighted by atomic mass is 10.1. The van der Waals surface area contributed by atoms with Crippen LogP contribution in [0.3, 0.4) is 0 Å². The number of nitrogens with zero attached hydrogens (tertiary/aromatic N) is 2. The lowest BCUT2D eigenvalue weighted by Gasteiger charge is -2.22. The van der Waals surface area contributed by atoms with Crippen molar-refractivity contribution in [1.29, 1.82) is 0 Å². The Kier molecular flexibility index (Phi) is 3.82. The van der Waals surface area contributed by atoms with E-state index in [1.807, 2.05) is 12.1 Å². The van der Waals surface area contributed by atoms with E-state index in [4.69, 9.17) is 5.73 Å². The van der Waals surface area contributed by atoms with E-state index in [0.717, 1.165) is 30.0 Å². The number of nitrogens with two attached hydrogens (primary N) is 1. The van der Waals surface area contributed by atoms with Crippen molar-refractivity contribution < 1.29 is 4.79 Å². The number of anilines is 3. The van der Waals surface area contributed by atoms with Crippen LogP contribution >= 0.6 is 0 Å². The zero-order valence-electron chi connectivity index (χ0n) is 10.5. The van der Waals surface area contributed by atoms with Gasteiger partial charge < -0.3 is 16.0 Å². The molecule has 1 aliphatic rings. The summed E-state index contributed by atoms with van der Waals surface area (Å²) >= 11 is 0. The summed E-state index contributed by atoms with van der Waals surface area (Å²) in [5, 5.41) is 2.74. The van der Waals surface area contributed by atoms with Gasteiger partial charge >= 0.3 is 0 Å². The normalized spacial score (nSPS) is 15.3. The third kappa shape index (κ3) is 2.45. The molecule has 0 bridgehead atoms. The maximum Gasteiger partial charge on any atom is 0.211 e. The molecule has 1 heterocycles. The molecule has 3 N–H and O–H groups in total. The third-order valence-corrected chi connectivity index (χ3v) is 3.13. The molecule has 0 aromatic heterocycles. The molecule has 0 saturated carbocycles. The Hall–Kier alpha value is -2.04. The number of aliphatic imine (C=N–C) groups is 1. The van der Waals surface area contributed by atoms with Gasteiger partial charge in [0.1, 0.15) is 0 Å². The average molecular weight is 246 g/mol. The van der Waals surface area contributed by atoms with Crippen molar-refractivity contribution in [2.75, 3.05) is 36.1 Å². The first-order valence-electron chi connectivity index (χ1n) is 6.07. The minimum absolute atomic E-state index is 0.680. The SMILES string of the molecule is CN=Cc1cc(NC=O)c(N2CCCC2)cc1N. The first-order chi connectivity index (χ1) is 8.76. The number of carbonyl (C=O) groups is 1. The lowest BCUT2D eigenvalue weighted by molar-refractivity contribution is -0.105. The molecule has 0 atom stereocenters. The fraction of sp³-hybridized carbons (Fsp3) is 0.385. The molecule has 0 aliphatic carbocycles. The third-order valence-electron chi connectivity index (χ3n) is 3.13. The summed E-state index contributed by atoms with van der Waals surface area (Å²) in [6.07, 6.45) is 4.74. The van der Waals surface area contributed by atoms with Gasteiger partial charge in [-0.2, -0.15) is 0 Å². The second kappa shape index (κ2) is 5.53. The molecule has 96 valence electrons. The Morgan fingerprint density at radius 3 is 2.72 bits per heavy atom. The molecule has 2 rings (SSSR count). The standard InChI is InChI=1S/C13H18N4O/c1-15-8-10-6-12(16-9-18)13(7-11(10)14)17-4-2-3-5-17/h6-9H,2-5,14H2,1H3,(H,16,18). The molecule has 18 heavy (non-hydrogen) atoms. The van der Waals surface area contributed by atoms with E-state index < -0.39 is 0 Å². The van der Waals surface area contributed by atoms with Gasteiger partial charge in [0.15, 0.2) is 0 Å². The summed E-state index contributed by atoms with van der Waals surface area (Å²) in [5.74, 6) is 0. The summed E-state index contributed by atoms with van der Waals surface area (Å²) in [6, 6.07) is 3.78. The molecule has 1 aliphatic heterocycles. The van der Waals surface area contributed by atoms with Crippen molar-refractivity contribution in [1.82, 2.24) is 0 Å². The summed E-state index contributed by atoms with van der Waals surface area (Å²) in [5.41, 5.74) is 9.29. The molecule has 0 spiro atoms. The quantitative estimate of drug-likeness (QED) is 0.480. The highest BCUT2D eigenvalue weighted by Crippen LogP contribution is 2.32. The second-order valence-corrected chi connectivity index (χ2v) is 4.34. The van der Waals surface area contributed by atoms with Crippen LogP contribution in [-0.2, 0) is 4.79 Å². The highest BCUT2D eigenvalue weighted by molar-refractivity contribution is 5.94. The Morgan fingerprint density at radius 2 is 2.11 bits per heavy atom. The molecule has 1 aromatic carbocycles. The van der Waals surface area contributed by atoms with Crippen LogP contribution < -0.4 is 16.0 Å². The van der Waals surface area contributed by atoms with E-state index in [1.165, 1.54) is 12.8 Å². The van der Waals surface area contributed by atoms with Crippen molar-refractivity contribution in [3.8, 4) is 0 Å². The molecule has 1 fully saturated rings. The van der Waals surface area contributed by atoms with E-state index >= 15 is 0 Å². The molecular formula is C13H18N4O. The highest BCUT2D eigenvalue weighted by atomic mass is 16.1. The monoisotopic (exact) mass is 246 g/mol. The van der Waals surface area contributed by atoms with Gasteiger partial charge in [-0.1, -0.05) is 0 Å². The number of hydrogen-bond donors (Lipinski definition) is 2. The van der Waals surface area contributed by atoms with Crippen LogP contribution in [0.2, 0.25) is 0 Å². The van der Waals surface area contributed by atoms with Crippen molar-refractivity contribution >= 4 is 29.7 Å². The summed E-state index contributed by atoms with van der Waals surface area (Å²) in [7, 11) is 1.70. The zero-order valence-corrected chi connectivity index (χ0v) is 10.5. The van der Waals surface area contributed by atoms with Gasteiger partial charge in [0, 0.05) is 37.6 Å². The van der Waals surface area contributed by atoms with Crippen LogP contribution in [0.1, 0.15) is 18.4 Å². The number of carbonyl (C=O) groups excluding carboxylic acids is 1. The summed E-state index contributed by atoms with van der Waals surface area (Å²) < 4.78 is 0. The Labute approximate surface area is 107 Å². The Bertz CT molecular complexity index is 464.